The van der Waals surface area contributed by atoms with Crippen molar-refractivity contribution >= 4 is 11.3 Å². The number of hydrogen-bond acceptors (Lipinski definition) is 4. The Labute approximate surface area is 121 Å². The first-order valence-electron chi connectivity index (χ1n) is 6.44. The van der Waals surface area contributed by atoms with E-state index in [2.05, 4.69) is 27.4 Å². The summed E-state index contributed by atoms with van der Waals surface area (Å²) < 4.78 is 1.87. The monoisotopic (exact) mass is 284 g/mol. The molecule has 0 fully saturated rings. The van der Waals surface area contributed by atoms with Gasteiger partial charge in [0.25, 0.3) is 0 Å². The fraction of sp³-hybridized carbons (Fsp3) is 0.133. The van der Waals surface area contributed by atoms with E-state index in [0.29, 0.717) is 0 Å². The quantitative estimate of drug-likeness (QED) is 0.559. The average molecular weight is 284 g/mol. The molecule has 102 valence electrons. The molecule has 1 atom stereocenters. The maximum atomic E-state index is 5.69. The Balaban J connectivity index is 1.81. The lowest BCUT2D eigenvalue weighted by molar-refractivity contribution is 0.552. The molecule has 2 heterocycles. The number of para-hydroxylation sites is 1. The molecule has 0 aliphatic carbocycles. The average Bonchev–Trinajstić information content (AvgIpc) is 3.17. The molecule has 0 radical (unpaired) electrons. The predicted molar refractivity (Wildman–Crippen MR) is 81.7 cm³/mol. The van der Waals surface area contributed by atoms with Gasteiger partial charge in [-0.2, -0.15) is 16.4 Å². The lowest BCUT2D eigenvalue weighted by atomic mass is 10.0. The molecule has 3 aromatic rings. The van der Waals surface area contributed by atoms with E-state index in [1.807, 2.05) is 47.4 Å². The van der Waals surface area contributed by atoms with Gasteiger partial charge in [-0.15, -0.1) is 0 Å². The van der Waals surface area contributed by atoms with Crippen LogP contribution in [0.4, 0.5) is 0 Å². The van der Waals surface area contributed by atoms with Crippen molar-refractivity contribution in [2.24, 2.45) is 5.84 Å². The molecule has 1 aromatic carbocycles. The van der Waals surface area contributed by atoms with Crippen molar-refractivity contribution in [3.63, 3.8) is 0 Å². The Bertz CT molecular complexity index is 646. The number of nitrogens with two attached hydrogens (primary N) is 1. The van der Waals surface area contributed by atoms with E-state index in [-0.39, 0.29) is 6.04 Å². The van der Waals surface area contributed by atoms with Crippen LogP contribution in [0.5, 0.6) is 0 Å². The molecule has 4 nitrogen and oxygen atoms in total. The van der Waals surface area contributed by atoms with Crippen LogP contribution >= 0.6 is 11.3 Å². The number of nitrogens with zero attached hydrogens (tertiary/aromatic N) is 2. The SMILES string of the molecule is NNC(Cc1ccsc1)c1cnn(-c2ccccc2)c1. The number of aromatic nitrogens is 2. The second kappa shape index (κ2) is 6.00. The third-order valence-corrected chi connectivity index (χ3v) is 3.98. The lowest BCUT2D eigenvalue weighted by Gasteiger charge is -2.12. The van der Waals surface area contributed by atoms with Gasteiger partial charge in [-0.05, 0) is 40.9 Å². The molecule has 1 unspecified atom stereocenters. The first kappa shape index (κ1) is 13.1. The molecule has 3 rings (SSSR count). The smallest absolute Gasteiger partial charge is 0.0645 e. The van der Waals surface area contributed by atoms with Gasteiger partial charge in [-0.3, -0.25) is 11.3 Å². The van der Waals surface area contributed by atoms with Crippen LogP contribution in [0.2, 0.25) is 0 Å². The van der Waals surface area contributed by atoms with Gasteiger partial charge in [-0.25, -0.2) is 4.68 Å². The highest BCUT2D eigenvalue weighted by Gasteiger charge is 2.13. The van der Waals surface area contributed by atoms with Crippen molar-refractivity contribution in [2.75, 3.05) is 0 Å². The highest BCUT2D eigenvalue weighted by molar-refractivity contribution is 7.07. The number of hydrogen-bond donors (Lipinski definition) is 2. The van der Waals surface area contributed by atoms with Crippen LogP contribution in [-0.4, -0.2) is 9.78 Å². The zero-order valence-electron chi connectivity index (χ0n) is 10.9. The van der Waals surface area contributed by atoms with Crippen molar-refractivity contribution in [3.05, 3.63) is 70.7 Å². The number of hydrazine groups is 1. The van der Waals surface area contributed by atoms with Crippen LogP contribution in [0.25, 0.3) is 5.69 Å². The maximum absolute atomic E-state index is 5.69. The third kappa shape index (κ3) is 2.80. The fourth-order valence-electron chi connectivity index (χ4n) is 2.16. The van der Waals surface area contributed by atoms with Gasteiger partial charge >= 0.3 is 0 Å². The molecule has 2 aromatic heterocycles. The van der Waals surface area contributed by atoms with E-state index in [1.165, 1.54) is 5.56 Å². The van der Waals surface area contributed by atoms with Gasteiger partial charge < -0.3 is 0 Å². The van der Waals surface area contributed by atoms with Crippen LogP contribution in [0.1, 0.15) is 17.2 Å². The van der Waals surface area contributed by atoms with Crippen molar-refractivity contribution in [1.82, 2.24) is 15.2 Å². The maximum Gasteiger partial charge on any atom is 0.0645 e. The predicted octanol–water partition coefficient (Wildman–Crippen LogP) is 2.68. The van der Waals surface area contributed by atoms with Gasteiger partial charge in [0.1, 0.15) is 0 Å². The summed E-state index contributed by atoms with van der Waals surface area (Å²) in [5.74, 6) is 5.69. The fourth-order valence-corrected chi connectivity index (χ4v) is 2.84. The summed E-state index contributed by atoms with van der Waals surface area (Å²) in [7, 11) is 0. The van der Waals surface area contributed by atoms with Crippen molar-refractivity contribution in [1.29, 1.82) is 0 Å². The van der Waals surface area contributed by atoms with E-state index in [4.69, 9.17) is 5.84 Å². The number of nitrogens with one attached hydrogen (secondary N) is 1. The Kier molecular flexibility index (Phi) is 3.92. The Morgan fingerprint density at radius 1 is 1.25 bits per heavy atom. The Hall–Kier alpha value is -1.95. The molecule has 0 saturated carbocycles. The minimum Gasteiger partial charge on any atom is -0.271 e. The van der Waals surface area contributed by atoms with Crippen LogP contribution in [0.3, 0.4) is 0 Å². The first-order valence-corrected chi connectivity index (χ1v) is 7.38. The summed E-state index contributed by atoms with van der Waals surface area (Å²) in [5, 5.41) is 8.63. The third-order valence-electron chi connectivity index (χ3n) is 3.25. The molecular weight excluding hydrogens is 268 g/mol. The summed E-state index contributed by atoms with van der Waals surface area (Å²) >= 11 is 1.70. The van der Waals surface area contributed by atoms with Crippen LogP contribution in [0.15, 0.2) is 59.6 Å². The normalized spacial score (nSPS) is 12.4. The molecule has 0 saturated heterocycles. The number of thiophene rings is 1. The summed E-state index contributed by atoms with van der Waals surface area (Å²) in [4.78, 5) is 0. The highest BCUT2D eigenvalue weighted by atomic mass is 32.1. The number of benzene rings is 1. The molecule has 5 heteroatoms. The van der Waals surface area contributed by atoms with Crippen molar-refractivity contribution in [2.45, 2.75) is 12.5 Å². The van der Waals surface area contributed by atoms with Gasteiger partial charge in [0, 0.05) is 11.8 Å². The van der Waals surface area contributed by atoms with Crippen molar-refractivity contribution in [3.8, 4) is 5.69 Å². The van der Waals surface area contributed by atoms with E-state index < -0.39 is 0 Å². The first-order chi connectivity index (χ1) is 9.86. The van der Waals surface area contributed by atoms with Gasteiger partial charge in [-0.1, -0.05) is 18.2 Å². The zero-order chi connectivity index (χ0) is 13.8. The van der Waals surface area contributed by atoms with Gasteiger partial charge in [0.15, 0.2) is 0 Å². The highest BCUT2D eigenvalue weighted by Crippen LogP contribution is 2.20. The zero-order valence-corrected chi connectivity index (χ0v) is 11.8. The van der Waals surface area contributed by atoms with E-state index in [9.17, 15) is 0 Å². The largest absolute Gasteiger partial charge is 0.271 e. The molecule has 0 bridgehead atoms. The Morgan fingerprint density at radius 3 is 2.80 bits per heavy atom. The number of rotatable bonds is 5. The molecule has 0 amide bonds. The second-order valence-electron chi connectivity index (χ2n) is 4.61. The molecule has 0 aliphatic heterocycles. The summed E-state index contributed by atoms with van der Waals surface area (Å²) in [6, 6.07) is 12.2. The second-order valence-corrected chi connectivity index (χ2v) is 5.39. The molecule has 0 aliphatic rings. The molecule has 3 N–H and O–H groups in total. The lowest BCUT2D eigenvalue weighted by Crippen LogP contribution is -2.29. The minimum absolute atomic E-state index is 0.0714. The van der Waals surface area contributed by atoms with E-state index in [1.54, 1.807) is 11.3 Å². The van der Waals surface area contributed by atoms with Crippen LogP contribution in [-0.2, 0) is 6.42 Å². The van der Waals surface area contributed by atoms with Crippen LogP contribution < -0.4 is 11.3 Å². The topological polar surface area (TPSA) is 55.9 Å². The standard InChI is InChI=1S/C15H16N4S/c16-18-15(8-12-6-7-20-11-12)13-9-17-19(10-13)14-4-2-1-3-5-14/h1-7,9-11,15,18H,8,16H2. The van der Waals surface area contributed by atoms with E-state index in [0.717, 1.165) is 17.7 Å². The van der Waals surface area contributed by atoms with Crippen molar-refractivity contribution < 1.29 is 0 Å². The van der Waals surface area contributed by atoms with Crippen LogP contribution in [0, 0.1) is 0 Å². The van der Waals surface area contributed by atoms with Gasteiger partial charge in [0.05, 0.1) is 17.9 Å². The molecule has 20 heavy (non-hydrogen) atoms. The summed E-state index contributed by atoms with van der Waals surface area (Å²) in [6.07, 6.45) is 4.75. The Morgan fingerprint density at radius 2 is 2.10 bits per heavy atom. The summed E-state index contributed by atoms with van der Waals surface area (Å²) in [5.41, 5.74) is 6.29. The van der Waals surface area contributed by atoms with E-state index >= 15 is 0 Å². The molecular formula is C15H16N4S. The molecule has 0 spiro atoms. The minimum atomic E-state index is 0.0714. The summed E-state index contributed by atoms with van der Waals surface area (Å²) in [6.45, 7) is 0. The van der Waals surface area contributed by atoms with Gasteiger partial charge in [0.2, 0.25) is 0 Å².